The van der Waals surface area contributed by atoms with Crippen LogP contribution >= 0.6 is 0 Å². The summed E-state index contributed by atoms with van der Waals surface area (Å²) >= 11 is 0. The molecule has 0 aliphatic carbocycles. The molecule has 0 aliphatic rings. The third-order valence-electron chi connectivity index (χ3n) is 3.39. The summed E-state index contributed by atoms with van der Waals surface area (Å²) in [6.07, 6.45) is 0. The molecule has 0 fully saturated rings. The van der Waals surface area contributed by atoms with Crippen LogP contribution in [0, 0.1) is 10.2 Å². The third-order valence-corrected chi connectivity index (χ3v) is 3.39. The van der Waals surface area contributed by atoms with E-state index in [4.69, 9.17) is 18.6 Å². The number of hydrogen-bond donors (Lipinski definition) is 2. The second kappa shape index (κ2) is 12.5. The van der Waals surface area contributed by atoms with Crippen molar-refractivity contribution in [3.8, 4) is 11.5 Å². The van der Waals surface area contributed by atoms with Crippen molar-refractivity contribution >= 4 is 11.4 Å². The van der Waals surface area contributed by atoms with E-state index in [9.17, 15) is 10.2 Å². The molecule has 0 atom stereocenters. The molecule has 153 valence electrons. The van der Waals surface area contributed by atoms with Gasteiger partial charge in [0.05, 0.1) is 13.1 Å². The van der Waals surface area contributed by atoms with Gasteiger partial charge in [-0.2, -0.15) is 0 Å². The normalized spacial score (nSPS) is 11.9. The summed E-state index contributed by atoms with van der Waals surface area (Å²) in [5.41, 5.74) is 3.05. The predicted octanol–water partition coefficient (Wildman–Crippen LogP) is -1.34. The Kier molecular flexibility index (Phi) is 11.6. The number of hydrogen-bond acceptors (Lipinski definition) is 8. The van der Waals surface area contributed by atoms with E-state index in [-0.39, 0.29) is 28.6 Å². The molecule has 0 amide bonds. The van der Waals surface area contributed by atoms with Gasteiger partial charge in [0.1, 0.15) is 11.5 Å². The third kappa shape index (κ3) is 10.4. The SMILES string of the molecule is CC(=NCCN=C(C)c1ccccc1O)c1ccccc1O.[Mn].[O-][Cl+3]([O-])([O-])[O-]. The molecule has 0 aromatic heterocycles. The van der Waals surface area contributed by atoms with Gasteiger partial charge in [-0.15, -0.1) is 10.2 Å². The quantitative estimate of drug-likeness (QED) is 0.326. The number of phenolic OH excluding ortho intramolecular Hbond substituents is 2. The van der Waals surface area contributed by atoms with Gasteiger partial charge in [-0.1, -0.05) is 24.3 Å². The summed E-state index contributed by atoms with van der Waals surface area (Å²) in [6, 6.07) is 14.3. The van der Waals surface area contributed by atoms with Crippen molar-refractivity contribution in [1.29, 1.82) is 0 Å². The number of aliphatic imine (C=N–C) groups is 2. The molecule has 0 aliphatic heterocycles. The van der Waals surface area contributed by atoms with Crippen LogP contribution in [0.1, 0.15) is 25.0 Å². The van der Waals surface area contributed by atoms with Gasteiger partial charge in [0.25, 0.3) is 0 Å². The summed E-state index contributed by atoms with van der Waals surface area (Å²) in [7, 11) is -4.94. The number of para-hydroxylation sites is 2. The van der Waals surface area contributed by atoms with Crippen molar-refractivity contribution in [3.05, 3.63) is 59.7 Å². The molecule has 0 saturated carbocycles. The first kappa shape index (κ1) is 26.0. The van der Waals surface area contributed by atoms with Crippen LogP contribution in [0.25, 0.3) is 0 Å². The van der Waals surface area contributed by atoms with E-state index in [1.165, 1.54) is 0 Å². The van der Waals surface area contributed by atoms with E-state index in [1.807, 2.05) is 38.1 Å². The van der Waals surface area contributed by atoms with Crippen molar-refractivity contribution in [2.45, 2.75) is 13.8 Å². The number of phenols is 2. The van der Waals surface area contributed by atoms with Gasteiger partial charge >= 0.3 is 0 Å². The van der Waals surface area contributed by atoms with Crippen LogP contribution in [0.4, 0.5) is 0 Å². The van der Waals surface area contributed by atoms with E-state index >= 15 is 0 Å². The second-order valence-electron chi connectivity index (χ2n) is 5.35. The fourth-order valence-electron chi connectivity index (χ4n) is 2.16. The van der Waals surface area contributed by atoms with Gasteiger partial charge in [0, 0.05) is 39.6 Å². The smallest absolute Gasteiger partial charge is 0.124 e. The molecule has 1 radical (unpaired) electrons. The molecular weight excluding hydrogens is 431 g/mol. The molecule has 8 nitrogen and oxygen atoms in total. The number of nitrogens with zero attached hydrogens (tertiary/aromatic N) is 2. The first-order valence-corrected chi connectivity index (χ1v) is 9.03. The maximum Gasteiger partial charge on any atom is 0.124 e. The van der Waals surface area contributed by atoms with Gasteiger partial charge in [-0.25, -0.2) is 18.6 Å². The molecule has 2 aromatic rings. The van der Waals surface area contributed by atoms with Crippen LogP contribution in [-0.2, 0) is 17.1 Å². The summed E-state index contributed by atoms with van der Waals surface area (Å²) in [4.78, 5) is 8.86. The number of rotatable bonds is 5. The zero-order valence-electron chi connectivity index (χ0n) is 15.2. The van der Waals surface area contributed by atoms with Crippen LogP contribution < -0.4 is 18.6 Å². The Labute approximate surface area is 175 Å². The first-order chi connectivity index (χ1) is 12.6. The zero-order chi connectivity index (χ0) is 20.4. The minimum atomic E-state index is -4.94. The van der Waals surface area contributed by atoms with Crippen molar-refractivity contribution in [2.24, 2.45) is 9.98 Å². The maximum absolute atomic E-state index is 9.77. The fourth-order valence-corrected chi connectivity index (χ4v) is 2.16. The van der Waals surface area contributed by atoms with Gasteiger partial charge in [0.15, 0.2) is 0 Å². The van der Waals surface area contributed by atoms with Gasteiger partial charge in [-0.05, 0) is 38.1 Å². The van der Waals surface area contributed by atoms with Gasteiger partial charge in [0.2, 0.25) is 0 Å². The standard InChI is InChI=1S/C18H20N2O2.ClHO4.Mn/c1-13(15-7-3-5-9-17(15)21)19-11-12-20-14(2)16-8-4-6-10-18(16)22;2-1(3,4)5;/h3-10,21-22H,11-12H2,1-2H3;(H,2,3,4,5);/p-1. The number of aromatic hydroxyl groups is 2. The molecule has 28 heavy (non-hydrogen) atoms. The molecular formula is C18H20ClMnN2O6-. The van der Waals surface area contributed by atoms with Gasteiger partial charge < -0.3 is 10.2 Å². The Hall–Kier alpha value is -1.97. The van der Waals surface area contributed by atoms with Crippen LogP contribution in [0.3, 0.4) is 0 Å². The van der Waals surface area contributed by atoms with E-state index in [2.05, 4.69) is 9.98 Å². The minimum absolute atomic E-state index is 0. The Morgan fingerprint density at radius 3 is 1.32 bits per heavy atom. The molecule has 2 N–H and O–H groups in total. The Bertz CT molecular complexity index is 741. The maximum atomic E-state index is 9.77. The predicted molar refractivity (Wildman–Crippen MR) is 90.4 cm³/mol. The molecule has 0 spiro atoms. The van der Waals surface area contributed by atoms with Crippen molar-refractivity contribution < 1.29 is 56.2 Å². The van der Waals surface area contributed by atoms with Crippen LogP contribution in [0.2, 0.25) is 0 Å². The monoisotopic (exact) mass is 450 g/mol. The first-order valence-electron chi connectivity index (χ1n) is 7.80. The Morgan fingerprint density at radius 2 is 1.04 bits per heavy atom. The van der Waals surface area contributed by atoms with Crippen molar-refractivity contribution in [2.75, 3.05) is 13.1 Å². The number of halogens is 1. The van der Waals surface area contributed by atoms with E-state index < -0.39 is 10.2 Å². The van der Waals surface area contributed by atoms with Gasteiger partial charge in [-0.3, -0.25) is 9.98 Å². The Balaban J connectivity index is 0.00000108. The van der Waals surface area contributed by atoms with Crippen LogP contribution in [0.15, 0.2) is 58.5 Å². The van der Waals surface area contributed by atoms with Crippen LogP contribution in [-0.4, -0.2) is 34.7 Å². The van der Waals surface area contributed by atoms with E-state index in [0.717, 1.165) is 22.6 Å². The molecule has 10 heteroatoms. The Morgan fingerprint density at radius 1 is 0.750 bits per heavy atom. The molecule has 2 rings (SSSR count). The molecule has 0 bridgehead atoms. The fraction of sp³-hybridized carbons (Fsp3) is 0.222. The molecule has 0 heterocycles. The summed E-state index contributed by atoms with van der Waals surface area (Å²) in [5, 5.41) is 19.5. The topological polar surface area (TPSA) is 157 Å². The molecule has 2 aromatic carbocycles. The molecule has 0 unspecified atom stereocenters. The van der Waals surface area contributed by atoms with Crippen LogP contribution in [0.5, 0.6) is 11.5 Å². The zero-order valence-corrected chi connectivity index (χ0v) is 17.1. The summed E-state index contributed by atoms with van der Waals surface area (Å²) < 4.78 is 34.0. The largest absolute Gasteiger partial charge is 0.507 e. The van der Waals surface area contributed by atoms with Crippen molar-refractivity contribution in [3.63, 3.8) is 0 Å². The minimum Gasteiger partial charge on any atom is -0.507 e. The van der Waals surface area contributed by atoms with Crippen molar-refractivity contribution in [1.82, 2.24) is 0 Å². The number of benzene rings is 2. The second-order valence-corrected chi connectivity index (χ2v) is 6.10. The summed E-state index contributed by atoms with van der Waals surface area (Å²) in [6.45, 7) is 4.81. The van der Waals surface area contributed by atoms with E-state index in [1.54, 1.807) is 24.3 Å². The summed E-state index contributed by atoms with van der Waals surface area (Å²) in [5.74, 6) is 0.468. The average molecular weight is 451 g/mol. The average Bonchev–Trinajstić information content (AvgIpc) is 2.57. The van der Waals surface area contributed by atoms with E-state index in [0.29, 0.717) is 13.1 Å². The molecule has 0 saturated heterocycles.